The van der Waals surface area contributed by atoms with Gasteiger partial charge >= 0.3 is 6.09 Å². The number of ether oxygens (including phenoxy) is 2. The smallest absolute Gasteiger partial charge is 0.410 e. The van der Waals surface area contributed by atoms with Crippen LogP contribution in [0.5, 0.6) is 0 Å². The van der Waals surface area contributed by atoms with E-state index in [9.17, 15) is 4.79 Å². The van der Waals surface area contributed by atoms with Crippen LogP contribution in [-0.2, 0) is 16.0 Å². The number of likely N-dealkylation sites (tertiary alicyclic amines) is 1. The molecule has 1 saturated heterocycles. The quantitative estimate of drug-likeness (QED) is 0.899. The number of piperidine rings is 1. The molecule has 1 fully saturated rings. The highest BCUT2D eigenvalue weighted by Gasteiger charge is 2.33. The summed E-state index contributed by atoms with van der Waals surface area (Å²) >= 11 is 0. The first-order chi connectivity index (χ1) is 11.4. The van der Waals surface area contributed by atoms with E-state index in [1.807, 2.05) is 39.0 Å². The average molecular weight is 334 g/mol. The summed E-state index contributed by atoms with van der Waals surface area (Å²) in [5.74, 6) is 0.400. The van der Waals surface area contributed by atoms with E-state index in [4.69, 9.17) is 9.47 Å². The molecule has 134 valence electrons. The Morgan fingerprint density at radius 2 is 2.00 bits per heavy atom. The number of hydrogen-bond donors (Lipinski definition) is 1. The maximum Gasteiger partial charge on any atom is 0.410 e. The second kappa shape index (κ2) is 8.49. The molecular formula is C19H30N2O3. The van der Waals surface area contributed by atoms with Crippen LogP contribution in [0.25, 0.3) is 0 Å². The molecule has 2 atom stereocenters. The Morgan fingerprint density at radius 1 is 1.29 bits per heavy atom. The van der Waals surface area contributed by atoms with Crippen molar-refractivity contribution in [3.8, 4) is 0 Å². The van der Waals surface area contributed by atoms with Crippen molar-refractivity contribution in [2.24, 2.45) is 5.92 Å². The van der Waals surface area contributed by atoms with E-state index in [-0.39, 0.29) is 12.2 Å². The zero-order valence-corrected chi connectivity index (χ0v) is 15.2. The SMILES string of the molecule is CO[C@@H]1CN(C(=O)OC(C)(C)C)CC[C@H]1CNCc1ccccc1. The lowest BCUT2D eigenvalue weighted by atomic mass is 9.93. The van der Waals surface area contributed by atoms with Crippen molar-refractivity contribution in [1.29, 1.82) is 0 Å². The third kappa shape index (κ3) is 5.80. The molecule has 1 heterocycles. The summed E-state index contributed by atoms with van der Waals surface area (Å²) in [5, 5.41) is 3.50. The van der Waals surface area contributed by atoms with E-state index in [0.717, 1.165) is 19.5 Å². The molecule has 0 unspecified atom stereocenters. The van der Waals surface area contributed by atoms with Crippen LogP contribution in [0.3, 0.4) is 0 Å². The van der Waals surface area contributed by atoms with Gasteiger partial charge in [-0.05, 0) is 32.8 Å². The van der Waals surface area contributed by atoms with Crippen molar-refractivity contribution < 1.29 is 14.3 Å². The van der Waals surface area contributed by atoms with Crippen molar-refractivity contribution in [2.45, 2.75) is 45.4 Å². The van der Waals surface area contributed by atoms with Crippen LogP contribution >= 0.6 is 0 Å². The molecule has 1 aliphatic rings. The molecule has 0 radical (unpaired) electrons. The first-order valence-electron chi connectivity index (χ1n) is 8.64. The number of methoxy groups -OCH3 is 1. The summed E-state index contributed by atoms with van der Waals surface area (Å²) in [6.45, 7) is 8.70. The van der Waals surface area contributed by atoms with E-state index in [1.165, 1.54) is 5.56 Å². The summed E-state index contributed by atoms with van der Waals surface area (Å²) in [4.78, 5) is 14.0. The maximum atomic E-state index is 12.2. The highest BCUT2D eigenvalue weighted by atomic mass is 16.6. The fourth-order valence-corrected chi connectivity index (χ4v) is 2.96. The molecule has 1 aliphatic heterocycles. The van der Waals surface area contributed by atoms with Crippen molar-refractivity contribution in [3.63, 3.8) is 0 Å². The molecule has 0 saturated carbocycles. The Labute approximate surface area is 145 Å². The van der Waals surface area contributed by atoms with Crippen LogP contribution in [0.15, 0.2) is 30.3 Å². The normalized spacial score (nSPS) is 21.6. The highest BCUT2D eigenvalue weighted by Crippen LogP contribution is 2.22. The summed E-state index contributed by atoms with van der Waals surface area (Å²) < 4.78 is 11.1. The van der Waals surface area contributed by atoms with Gasteiger partial charge < -0.3 is 19.7 Å². The van der Waals surface area contributed by atoms with Crippen LogP contribution in [0.1, 0.15) is 32.8 Å². The van der Waals surface area contributed by atoms with Gasteiger partial charge in [-0.15, -0.1) is 0 Å². The van der Waals surface area contributed by atoms with E-state index < -0.39 is 5.60 Å². The number of carbonyl (C=O) groups is 1. The number of carbonyl (C=O) groups excluding carboxylic acids is 1. The minimum Gasteiger partial charge on any atom is -0.444 e. The minimum absolute atomic E-state index is 0.0366. The monoisotopic (exact) mass is 334 g/mol. The molecule has 1 N–H and O–H groups in total. The van der Waals surface area contributed by atoms with Crippen molar-refractivity contribution in [3.05, 3.63) is 35.9 Å². The van der Waals surface area contributed by atoms with E-state index in [1.54, 1.807) is 12.0 Å². The van der Waals surface area contributed by atoms with Gasteiger partial charge in [0, 0.05) is 32.7 Å². The number of benzene rings is 1. The van der Waals surface area contributed by atoms with E-state index >= 15 is 0 Å². The van der Waals surface area contributed by atoms with Crippen LogP contribution in [0.4, 0.5) is 4.79 Å². The van der Waals surface area contributed by atoms with Crippen LogP contribution in [0, 0.1) is 5.92 Å². The zero-order valence-electron chi connectivity index (χ0n) is 15.2. The zero-order chi connectivity index (χ0) is 17.6. The fourth-order valence-electron chi connectivity index (χ4n) is 2.96. The van der Waals surface area contributed by atoms with Crippen molar-refractivity contribution in [1.82, 2.24) is 10.2 Å². The number of hydrogen-bond acceptors (Lipinski definition) is 4. The molecule has 5 nitrogen and oxygen atoms in total. The Hall–Kier alpha value is -1.59. The third-order valence-corrected chi connectivity index (χ3v) is 4.23. The molecule has 0 aromatic heterocycles. The third-order valence-electron chi connectivity index (χ3n) is 4.23. The topological polar surface area (TPSA) is 50.8 Å². The minimum atomic E-state index is -0.465. The van der Waals surface area contributed by atoms with Gasteiger partial charge in [-0.3, -0.25) is 0 Å². The van der Waals surface area contributed by atoms with E-state index in [2.05, 4.69) is 17.4 Å². The van der Waals surface area contributed by atoms with Gasteiger partial charge in [0.25, 0.3) is 0 Å². The lowest BCUT2D eigenvalue weighted by Crippen LogP contribution is -2.50. The Kier molecular flexibility index (Phi) is 6.63. The molecule has 1 amide bonds. The van der Waals surface area contributed by atoms with Gasteiger partial charge in [-0.1, -0.05) is 30.3 Å². The van der Waals surface area contributed by atoms with Crippen LogP contribution in [-0.4, -0.2) is 49.4 Å². The molecule has 1 aromatic rings. The lowest BCUT2D eigenvalue weighted by molar-refractivity contribution is -0.0283. The number of nitrogens with one attached hydrogen (secondary N) is 1. The second-order valence-corrected chi connectivity index (χ2v) is 7.37. The van der Waals surface area contributed by atoms with Crippen molar-refractivity contribution in [2.75, 3.05) is 26.7 Å². The first kappa shape index (κ1) is 18.7. The van der Waals surface area contributed by atoms with Crippen LogP contribution < -0.4 is 5.32 Å². The van der Waals surface area contributed by atoms with Crippen molar-refractivity contribution >= 4 is 6.09 Å². The summed E-state index contributed by atoms with van der Waals surface area (Å²) in [6, 6.07) is 10.4. The maximum absolute atomic E-state index is 12.2. The Bertz CT molecular complexity index is 513. The molecule has 1 aromatic carbocycles. The van der Waals surface area contributed by atoms with Gasteiger partial charge in [0.1, 0.15) is 5.60 Å². The lowest BCUT2D eigenvalue weighted by Gasteiger charge is -2.38. The molecule has 0 spiro atoms. The van der Waals surface area contributed by atoms with Gasteiger partial charge in [-0.25, -0.2) is 4.79 Å². The second-order valence-electron chi connectivity index (χ2n) is 7.37. The fraction of sp³-hybridized carbons (Fsp3) is 0.632. The summed E-state index contributed by atoms with van der Waals surface area (Å²) in [6.07, 6.45) is 0.703. The number of amides is 1. The largest absolute Gasteiger partial charge is 0.444 e. The molecule has 2 rings (SSSR count). The molecule has 0 aliphatic carbocycles. The average Bonchev–Trinajstić information content (AvgIpc) is 2.54. The van der Waals surface area contributed by atoms with E-state index in [0.29, 0.717) is 19.0 Å². The van der Waals surface area contributed by atoms with Crippen LogP contribution in [0.2, 0.25) is 0 Å². The molecule has 5 heteroatoms. The molecule has 24 heavy (non-hydrogen) atoms. The number of rotatable bonds is 5. The predicted molar refractivity (Wildman–Crippen MR) is 94.9 cm³/mol. The predicted octanol–water partition coefficient (Wildman–Crippen LogP) is 3.05. The summed E-state index contributed by atoms with van der Waals surface area (Å²) in [5.41, 5.74) is 0.811. The Morgan fingerprint density at radius 3 is 2.62 bits per heavy atom. The number of nitrogens with zero attached hydrogens (tertiary/aromatic N) is 1. The summed E-state index contributed by atoms with van der Waals surface area (Å²) in [7, 11) is 1.72. The van der Waals surface area contributed by atoms with Gasteiger partial charge in [-0.2, -0.15) is 0 Å². The van der Waals surface area contributed by atoms with Gasteiger partial charge in [0.05, 0.1) is 12.6 Å². The first-order valence-corrected chi connectivity index (χ1v) is 8.64. The highest BCUT2D eigenvalue weighted by molar-refractivity contribution is 5.68. The molecular weight excluding hydrogens is 304 g/mol. The Balaban J connectivity index is 1.81. The van der Waals surface area contributed by atoms with Gasteiger partial charge in [0.15, 0.2) is 0 Å². The van der Waals surface area contributed by atoms with Gasteiger partial charge in [0.2, 0.25) is 0 Å². The standard InChI is InChI=1S/C19H30N2O3/c1-19(2,3)24-18(22)21-11-10-16(17(14-21)23-4)13-20-12-15-8-6-5-7-9-15/h5-9,16-17,20H,10-14H2,1-4H3/t16-,17+/m0/s1. The molecule has 0 bridgehead atoms.